The molecule has 0 N–H and O–H groups in total. The Kier molecular flexibility index (Phi) is 7.04. The van der Waals surface area contributed by atoms with Crippen molar-refractivity contribution in [3.8, 4) is 33.8 Å². The summed E-state index contributed by atoms with van der Waals surface area (Å²) in [6, 6.07) is 32.8. The van der Waals surface area contributed by atoms with Crippen molar-refractivity contribution in [3.63, 3.8) is 0 Å². The van der Waals surface area contributed by atoms with E-state index >= 15 is 0 Å². The van der Waals surface area contributed by atoms with E-state index in [1.807, 2.05) is 72.8 Å². The van der Waals surface area contributed by atoms with Gasteiger partial charge < -0.3 is 9.97 Å². The fourth-order valence-corrected chi connectivity index (χ4v) is 2.88. The van der Waals surface area contributed by atoms with Crippen LogP contribution in [0.1, 0.15) is 9.94 Å². The summed E-state index contributed by atoms with van der Waals surface area (Å²) < 4.78 is 22.2. The molecule has 0 fully saturated rings. The Morgan fingerprint density at radius 1 is 0.656 bits per heavy atom. The minimum atomic E-state index is -2.32. The van der Waals surface area contributed by atoms with Gasteiger partial charge in [-0.25, -0.2) is 9.97 Å². The van der Waals surface area contributed by atoms with E-state index in [4.69, 9.17) is 4.11 Å². The summed E-state index contributed by atoms with van der Waals surface area (Å²) in [7, 11) is 0. The molecule has 0 aliphatic carbocycles. The average Bonchev–Trinajstić information content (AvgIpc) is 2.90. The molecular weight excluding hydrogens is 573 g/mol. The molecule has 0 atom stereocenters. The van der Waals surface area contributed by atoms with Crippen LogP contribution in [-0.2, 0) is 20.1 Å². The maximum absolute atomic E-state index is 7.40. The van der Waals surface area contributed by atoms with Gasteiger partial charge in [-0.3, -0.25) is 0 Å². The van der Waals surface area contributed by atoms with Crippen molar-refractivity contribution in [2.24, 2.45) is 0 Å². The summed E-state index contributed by atoms with van der Waals surface area (Å²) in [6.07, 6.45) is 4.91. The molecule has 3 aromatic heterocycles. The molecule has 0 unspecified atom stereocenters. The summed E-state index contributed by atoms with van der Waals surface area (Å²) in [5, 5.41) is 0. The zero-order valence-corrected chi connectivity index (χ0v) is 19.3. The van der Waals surface area contributed by atoms with Gasteiger partial charge in [0.25, 0.3) is 0 Å². The van der Waals surface area contributed by atoms with Crippen LogP contribution in [0.3, 0.4) is 0 Å². The van der Waals surface area contributed by atoms with Crippen molar-refractivity contribution >= 4 is 0 Å². The van der Waals surface area contributed by atoms with Crippen molar-refractivity contribution in [1.82, 2.24) is 19.9 Å². The molecule has 0 bridgehead atoms. The van der Waals surface area contributed by atoms with Gasteiger partial charge in [0.15, 0.2) is 0 Å². The molecule has 5 heteroatoms. The number of pyridine rings is 2. The normalized spacial score (nSPS) is 11.6. The predicted octanol–water partition coefficient (Wildman–Crippen LogP) is 5.86. The number of hydrogen-bond donors (Lipinski definition) is 0. The largest absolute Gasteiger partial charge is 0.305 e. The van der Waals surface area contributed by atoms with E-state index in [0.717, 1.165) is 28.1 Å². The van der Waals surface area contributed by atoms with Crippen LogP contribution in [0, 0.1) is 19.0 Å². The smallest absolute Gasteiger partial charge is 0.125 e. The summed E-state index contributed by atoms with van der Waals surface area (Å²) in [5.41, 5.74) is 4.98. The Morgan fingerprint density at radius 2 is 1.34 bits per heavy atom. The van der Waals surface area contributed by atoms with Crippen LogP contribution < -0.4 is 0 Å². The van der Waals surface area contributed by atoms with Crippen molar-refractivity contribution in [3.05, 3.63) is 121 Å². The third kappa shape index (κ3) is 6.24. The number of benzene rings is 2. The second-order valence-corrected chi connectivity index (χ2v) is 6.46. The molecule has 0 saturated heterocycles. The molecule has 0 saturated carbocycles. The van der Waals surface area contributed by atoms with Crippen molar-refractivity contribution in [2.45, 2.75) is 6.85 Å². The van der Waals surface area contributed by atoms with Crippen LogP contribution >= 0.6 is 0 Å². The van der Waals surface area contributed by atoms with Crippen LogP contribution in [0.4, 0.5) is 0 Å². The summed E-state index contributed by atoms with van der Waals surface area (Å²) in [6.45, 7) is -2.32. The van der Waals surface area contributed by atoms with E-state index in [0.29, 0.717) is 5.69 Å². The first-order chi connectivity index (χ1) is 16.5. The van der Waals surface area contributed by atoms with Crippen LogP contribution in [0.25, 0.3) is 33.8 Å². The molecule has 0 spiro atoms. The standard InChI is InChI=1S/C16H12N3.C11H8N.Ir/c1-12-17-10-8-15(19-12)14-7-9-18-16(11-14)13-5-3-2-4-6-13;1-2-6-10(7-3-1)11-8-4-5-9-12-11;/h2-5,7-11H,1H3;1-6,8-9H;/q2*-1;/i1D3;;. The first kappa shape index (κ1) is 19.2. The van der Waals surface area contributed by atoms with Gasteiger partial charge >= 0.3 is 0 Å². The summed E-state index contributed by atoms with van der Waals surface area (Å²) >= 11 is 0. The number of aromatic nitrogens is 4. The molecule has 159 valence electrons. The molecular formula is C27H20IrN4-2. The molecule has 2 aromatic carbocycles. The van der Waals surface area contributed by atoms with Crippen molar-refractivity contribution < 1.29 is 24.2 Å². The molecule has 1 radical (unpaired) electrons. The van der Waals surface area contributed by atoms with Gasteiger partial charge in [-0.05, 0) is 42.0 Å². The number of aryl methyl sites for hydroxylation is 1. The first-order valence-electron chi connectivity index (χ1n) is 11.2. The van der Waals surface area contributed by atoms with Gasteiger partial charge in [0.2, 0.25) is 0 Å². The maximum atomic E-state index is 7.40. The number of rotatable bonds is 3. The van der Waals surface area contributed by atoms with Crippen LogP contribution in [0.2, 0.25) is 0 Å². The van der Waals surface area contributed by atoms with E-state index < -0.39 is 6.85 Å². The second kappa shape index (κ2) is 11.8. The van der Waals surface area contributed by atoms with Crippen LogP contribution in [-0.4, -0.2) is 19.9 Å². The third-order valence-corrected chi connectivity index (χ3v) is 4.35. The van der Waals surface area contributed by atoms with Crippen LogP contribution in [0.15, 0.2) is 104 Å². The fourth-order valence-electron chi connectivity index (χ4n) is 2.88. The van der Waals surface area contributed by atoms with Gasteiger partial charge in [-0.1, -0.05) is 18.2 Å². The zero-order chi connectivity index (χ0) is 23.8. The first-order valence-corrected chi connectivity index (χ1v) is 9.66. The quantitative estimate of drug-likeness (QED) is 0.245. The Labute approximate surface area is 206 Å². The number of hydrogen-bond acceptors (Lipinski definition) is 4. The maximum Gasteiger partial charge on any atom is 0.125 e. The van der Waals surface area contributed by atoms with Gasteiger partial charge in [0.05, 0.1) is 5.69 Å². The Hall–Kier alpha value is -3.53. The molecule has 0 amide bonds. The van der Waals surface area contributed by atoms with E-state index in [1.54, 1.807) is 24.5 Å². The summed E-state index contributed by atoms with van der Waals surface area (Å²) in [4.78, 5) is 16.5. The summed E-state index contributed by atoms with van der Waals surface area (Å²) in [5.74, 6) is -0.158. The molecule has 5 aromatic rings. The van der Waals surface area contributed by atoms with Crippen LogP contribution in [0.5, 0.6) is 0 Å². The second-order valence-electron chi connectivity index (χ2n) is 6.46. The minimum Gasteiger partial charge on any atom is -0.305 e. The molecule has 5 rings (SSSR count). The molecule has 0 aliphatic rings. The van der Waals surface area contributed by atoms with E-state index in [1.165, 1.54) is 6.20 Å². The van der Waals surface area contributed by atoms with E-state index in [2.05, 4.69) is 32.1 Å². The van der Waals surface area contributed by atoms with Gasteiger partial charge in [-0.15, -0.1) is 71.8 Å². The van der Waals surface area contributed by atoms with E-state index in [-0.39, 0.29) is 25.9 Å². The zero-order valence-electron chi connectivity index (χ0n) is 19.9. The topological polar surface area (TPSA) is 51.6 Å². The predicted molar refractivity (Wildman–Crippen MR) is 123 cm³/mol. The molecule has 0 aliphatic heterocycles. The van der Waals surface area contributed by atoms with E-state index in [9.17, 15) is 0 Å². The fraction of sp³-hybridized carbons (Fsp3) is 0.0370. The van der Waals surface area contributed by atoms with Gasteiger partial charge in [-0.2, -0.15) is 0 Å². The number of nitrogens with zero attached hydrogens (tertiary/aromatic N) is 4. The Balaban J connectivity index is 0.000000223. The minimum absolute atomic E-state index is 0. The van der Waals surface area contributed by atoms with Gasteiger partial charge in [0.1, 0.15) is 5.82 Å². The van der Waals surface area contributed by atoms with Gasteiger partial charge in [0, 0.05) is 42.8 Å². The monoisotopic (exact) mass is 596 g/mol. The Bertz CT molecular complexity index is 1300. The van der Waals surface area contributed by atoms with Crippen molar-refractivity contribution in [1.29, 1.82) is 0 Å². The molecule has 32 heavy (non-hydrogen) atoms. The van der Waals surface area contributed by atoms with Crippen molar-refractivity contribution in [2.75, 3.05) is 0 Å². The SMILES string of the molecule is [2H]C([2H])([2H])c1nccc(-c2ccnc(-c3[c-]cccc3)c2)n1.[Ir].[c-]1ccccc1-c1ccccn1. The Morgan fingerprint density at radius 3 is 2.00 bits per heavy atom. The molecule has 3 heterocycles. The molecule has 4 nitrogen and oxygen atoms in total. The third-order valence-electron chi connectivity index (χ3n) is 4.35. The average molecular weight is 596 g/mol.